The van der Waals surface area contributed by atoms with Gasteiger partial charge in [0.05, 0.1) is 13.1 Å². The highest BCUT2D eigenvalue weighted by atomic mass is 16.5. The normalized spacial score (nSPS) is 16.5. The summed E-state index contributed by atoms with van der Waals surface area (Å²) >= 11 is 0. The molecule has 0 radical (unpaired) electrons. The second-order valence-corrected chi connectivity index (χ2v) is 11.6. The number of ether oxygens (including phenoxy) is 1. The third-order valence-electron chi connectivity index (χ3n) is 7.60. The van der Waals surface area contributed by atoms with Crippen molar-refractivity contribution in [1.82, 2.24) is 24.8 Å². The predicted octanol–water partition coefficient (Wildman–Crippen LogP) is 5.51. The van der Waals surface area contributed by atoms with Gasteiger partial charge in [0.2, 0.25) is 0 Å². The van der Waals surface area contributed by atoms with Crippen LogP contribution in [0.3, 0.4) is 0 Å². The van der Waals surface area contributed by atoms with Crippen LogP contribution in [0.5, 0.6) is 5.75 Å². The van der Waals surface area contributed by atoms with Crippen molar-refractivity contribution in [2.75, 3.05) is 32.1 Å². The summed E-state index contributed by atoms with van der Waals surface area (Å²) in [6.07, 6.45) is 6.80. The van der Waals surface area contributed by atoms with Crippen molar-refractivity contribution in [1.29, 1.82) is 0 Å². The molecule has 0 bridgehead atoms. The Morgan fingerprint density at radius 1 is 1.03 bits per heavy atom. The Kier molecular flexibility index (Phi) is 6.40. The highest BCUT2D eigenvalue weighted by Crippen LogP contribution is 2.39. The van der Waals surface area contributed by atoms with Crippen LogP contribution in [-0.2, 0) is 25.9 Å². The molecule has 196 valence electrons. The van der Waals surface area contributed by atoms with E-state index in [0.717, 1.165) is 67.7 Å². The maximum Gasteiger partial charge on any atom is 0.144 e. The molecule has 0 unspecified atom stereocenters. The average molecular weight is 509 g/mol. The molecule has 2 aromatic carbocycles. The molecule has 0 spiro atoms. The van der Waals surface area contributed by atoms with E-state index in [9.17, 15) is 0 Å². The number of imidazole rings is 1. The quantitative estimate of drug-likeness (QED) is 0.383. The molecule has 0 atom stereocenters. The number of rotatable bonds is 5. The summed E-state index contributed by atoms with van der Waals surface area (Å²) in [4.78, 5) is 22.3. The van der Waals surface area contributed by atoms with Crippen LogP contribution in [0.15, 0.2) is 54.9 Å². The molecule has 1 N–H and O–H groups in total. The third-order valence-corrected chi connectivity index (χ3v) is 7.60. The van der Waals surface area contributed by atoms with Gasteiger partial charge < -0.3 is 19.5 Å². The minimum absolute atomic E-state index is 0.253. The Morgan fingerprint density at radius 3 is 2.58 bits per heavy atom. The average Bonchev–Trinajstić information content (AvgIpc) is 3.35. The molecule has 2 aromatic heterocycles. The number of H-pyrrole nitrogens is 1. The van der Waals surface area contributed by atoms with E-state index in [1.165, 1.54) is 27.9 Å². The lowest BCUT2D eigenvalue weighted by Crippen LogP contribution is -2.32. The van der Waals surface area contributed by atoms with Gasteiger partial charge in [-0.2, -0.15) is 0 Å². The number of aromatic nitrogens is 4. The van der Waals surface area contributed by atoms with Crippen LogP contribution in [-0.4, -0.2) is 52.1 Å². The fourth-order valence-corrected chi connectivity index (χ4v) is 5.59. The zero-order chi connectivity index (χ0) is 26.3. The lowest BCUT2D eigenvalue weighted by atomic mass is 9.76. The van der Waals surface area contributed by atoms with Crippen LogP contribution < -0.4 is 9.64 Å². The van der Waals surface area contributed by atoms with Crippen LogP contribution in [0.25, 0.3) is 22.5 Å². The van der Waals surface area contributed by atoms with Crippen LogP contribution in [0, 0.1) is 5.41 Å². The number of benzene rings is 2. The fraction of sp³-hybridized carbons (Fsp3) is 0.387. The van der Waals surface area contributed by atoms with E-state index in [1.54, 1.807) is 6.20 Å². The smallest absolute Gasteiger partial charge is 0.144 e. The van der Waals surface area contributed by atoms with E-state index >= 15 is 0 Å². The van der Waals surface area contributed by atoms with Crippen molar-refractivity contribution in [3.8, 4) is 28.3 Å². The molecular weight excluding hydrogens is 472 g/mol. The topological polar surface area (TPSA) is 70.2 Å². The summed E-state index contributed by atoms with van der Waals surface area (Å²) in [6, 6.07) is 15.1. The Morgan fingerprint density at radius 2 is 1.82 bits per heavy atom. The zero-order valence-electron chi connectivity index (χ0n) is 22.8. The SMILES string of the molecule is CN(C)Cc1nc2c(c(N3CCOc4ccc(-c5ccc(-c6ncc[nH]6)cc5)cc4C3)n1)CC(C)(C)CC2. The second-order valence-electron chi connectivity index (χ2n) is 11.6. The first-order valence-electron chi connectivity index (χ1n) is 13.5. The number of hydrogen-bond donors (Lipinski definition) is 1. The Hall–Kier alpha value is -3.71. The molecule has 1 aliphatic heterocycles. The number of fused-ring (bicyclic) bond motifs is 2. The third kappa shape index (κ3) is 5.03. The molecule has 0 amide bonds. The largest absolute Gasteiger partial charge is 0.491 e. The molecule has 3 heterocycles. The minimum Gasteiger partial charge on any atom is -0.491 e. The van der Waals surface area contributed by atoms with E-state index in [0.29, 0.717) is 6.61 Å². The van der Waals surface area contributed by atoms with Gasteiger partial charge in [-0.3, -0.25) is 0 Å². The highest BCUT2D eigenvalue weighted by molar-refractivity contribution is 5.69. The van der Waals surface area contributed by atoms with Crippen molar-refractivity contribution in [3.05, 3.63) is 77.5 Å². The maximum absolute atomic E-state index is 6.23. The summed E-state index contributed by atoms with van der Waals surface area (Å²) in [6.45, 7) is 7.65. The summed E-state index contributed by atoms with van der Waals surface area (Å²) in [7, 11) is 4.15. The van der Waals surface area contributed by atoms with E-state index in [1.807, 2.05) is 6.20 Å². The molecule has 7 nitrogen and oxygen atoms in total. The van der Waals surface area contributed by atoms with Crippen LogP contribution in [0.4, 0.5) is 5.82 Å². The fourth-order valence-electron chi connectivity index (χ4n) is 5.59. The number of hydrogen-bond acceptors (Lipinski definition) is 6. The molecule has 6 rings (SSSR count). The van der Waals surface area contributed by atoms with E-state index in [-0.39, 0.29) is 5.41 Å². The number of aryl methyl sites for hydroxylation is 1. The number of nitrogens with one attached hydrogen (secondary N) is 1. The van der Waals surface area contributed by atoms with Gasteiger partial charge in [-0.25, -0.2) is 15.0 Å². The first kappa shape index (κ1) is 24.6. The molecule has 38 heavy (non-hydrogen) atoms. The predicted molar refractivity (Wildman–Crippen MR) is 151 cm³/mol. The first-order chi connectivity index (χ1) is 18.3. The summed E-state index contributed by atoms with van der Waals surface area (Å²) < 4.78 is 6.23. The number of anilines is 1. The molecule has 0 fully saturated rings. The molecule has 7 heteroatoms. The first-order valence-corrected chi connectivity index (χ1v) is 13.5. The minimum atomic E-state index is 0.253. The van der Waals surface area contributed by atoms with E-state index < -0.39 is 0 Å². The van der Waals surface area contributed by atoms with Gasteiger partial charge in [0.1, 0.15) is 29.8 Å². The molecular formula is C31H36N6O. The summed E-state index contributed by atoms with van der Waals surface area (Å²) in [5, 5.41) is 0. The van der Waals surface area contributed by atoms with Crippen molar-refractivity contribution >= 4 is 5.82 Å². The number of aromatic amines is 1. The Labute approximate surface area is 224 Å². The molecule has 4 aromatic rings. The van der Waals surface area contributed by atoms with Gasteiger partial charge >= 0.3 is 0 Å². The van der Waals surface area contributed by atoms with E-state index in [2.05, 4.69) is 90.2 Å². The lowest BCUT2D eigenvalue weighted by Gasteiger charge is -2.34. The Bertz CT molecular complexity index is 1430. The van der Waals surface area contributed by atoms with Gasteiger partial charge in [0, 0.05) is 41.3 Å². The second kappa shape index (κ2) is 9.87. The highest BCUT2D eigenvalue weighted by Gasteiger charge is 2.31. The van der Waals surface area contributed by atoms with Gasteiger partial charge in [0.15, 0.2) is 0 Å². The molecule has 0 saturated carbocycles. The van der Waals surface area contributed by atoms with Crippen molar-refractivity contribution in [2.24, 2.45) is 5.41 Å². The van der Waals surface area contributed by atoms with Crippen LogP contribution >= 0.6 is 0 Å². The van der Waals surface area contributed by atoms with Crippen molar-refractivity contribution in [2.45, 2.75) is 46.2 Å². The molecule has 0 saturated heterocycles. The van der Waals surface area contributed by atoms with Crippen molar-refractivity contribution < 1.29 is 4.74 Å². The molecule has 2 aliphatic rings. The monoisotopic (exact) mass is 508 g/mol. The summed E-state index contributed by atoms with van der Waals surface area (Å²) in [5.41, 5.74) is 7.41. The van der Waals surface area contributed by atoms with Crippen LogP contribution in [0.1, 0.15) is 42.9 Å². The van der Waals surface area contributed by atoms with Crippen molar-refractivity contribution in [3.63, 3.8) is 0 Å². The van der Waals surface area contributed by atoms with E-state index in [4.69, 9.17) is 14.7 Å². The maximum atomic E-state index is 6.23. The molecule has 1 aliphatic carbocycles. The van der Waals surface area contributed by atoms with Gasteiger partial charge in [-0.05, 0) is 62.0 Å². The number of nitrogens with zero attached hydrogens (tertiary/aromatic N) is 5. The standard InChI is InChI=1S/C31H36N6O/c1-31(2)12-11-26-25(18-31)30(35-28(34-26)20-36(3)4)37-15-16-38-27-10-9-23(17-24(27)19-37)21-5-7-22(8-6-21)29-32-13-14-33-29/h5-10,13-14,17H,11-12,15-16,18-20H2,1-4H3,(H,32,33). The Balaban J connectivity index is 1.34. The lowest BCUT2D eigenvalue weighted by molar-refractivity contribution is 0.308. The summed E-state index contributed by atoms with van der Waals surface area (Å²) in [5.74, 6) is 3.83. The zero-order valence-corrected chi connectivity index (χ0v) is 22.8. The van der Waals surface area contributed by atoms with Crippen LogP contribution in [0.2, 0.25) is 0 Å². The van der Waals surface area contributed by atoms with Gasteiger partial charge in [-0.15, -0.1) is 0 Å². The van der Waals surface area contributed by atoms with Gasteiger partial charge in [-0.1, -0.05) is 44.2 Å². The van der Waals surface area contributed by atoms with Gasteiger partial charge in [0.25, 0.3) is 0 Å².